The van der Waals surface area contributed by atoms with Gasteiger partial charge < -0.3 is 14.6 Å². The van der Waals surface area contributed by atoms with E-state index < -0.39 is 30.1 Å². The molecule has 144 valence electrons. The Morgan fingerprint density at radius 2 is 1.96 bits per heavy atom. The molecule has 0 unspecified atom stereocenters. The Hall–Kier alpha value is -3.26. The summed E-state index contributed by atoms with van der Waals surface area (Å²) >= 11 is 6.13. The number of carbonyl (C=O) groups is 2. The fourth-order valence-corrected chi connectivity index (χ4v) is 2.66. The molecule has 3 aromatic rings. The van der Waals surface area contributed by atoms with Crippen molar-refractivity contribution < 1.29 is 27.6 Å². The zero-order valence-electron chi connectivity index (χ0n) is 14.5. The van der Waals surface area contributed by atoms with Crippen LogP contribution in [0.25, 0.3) is 11.3 Å². The van der Waals surface area contributed by atoms with Crippen molar-refractivity contribution in [3.8, 4) is 11.3 Å². The fourth-order valence-electron chi connectivity index (χ4n) is 2.43. The van der Waals surface area contributed by atoms with Crippen molar-refractivity contribution in [2.75, 3.05) is 11.9 Å². The highest BCUT2D eigenvalue weighted by Crippen LogP contribution is 2.31. The first-order valence-electron chi connectivity index (χ1n) is 8.00. The summed E-state index contributed by atoms with van der Waals surface area (Å²) in [4.78, 5) is 24.3. The van der Waals surface area contributed by atoms with Gasteiger partial charge in [0.1, 0.15) is 28.7 Å². The molecule has 0 aliphatic rings. The number of benzene rings is 2. The van der Waals surface area contributed by atoms with Crippen LogP contribution >= 0.6 is 11.6 Å². The summed E-state index contributed by atoms with van der Waals surface area (Å²) < 4.78 is 36.7. The summed E-state index contributed by atoms with van der Waals surface area (Å²) in [6.45, 7) is 0.785. The highest BCUT2D eigenvalue weighted by Gasteiger charge is 2.25. The summed E-state index contributed by atoms with van der Waals surface area (Å²) in [5, 5.41) is 6.31. The normalized spacial score (nSPS) is 10.6. The third-order valence-corrected chi connectivity index (χ3v) is 4.06. The minimum atomic E-state index is -0.872. The van der Waals surface area contributed by atoms with E-state index in [1.54, 1.807) is 24.3 Å². The second-order valence-corrected chi connectivity index (χ2v) is 6.10. The fraction of sp³-hybridized carbons (Fsp3) is 0.105. The van der Waals surface area contributed by atoms with Gasteiger partial charge in [-0.2, -0.15) is 0 Å². The SMILES string of the molecule is Cc1onc(-c2ccccc2Cl)c1C(=O)OCC(=O)Nc1cc(F)ccc1F. The number of nitrogens with one attached hydrogen (secondary N) is 1. The molecule has 0 aliphatic heterocycles. The maximum atomic E-state index is 13.6. The number of nitrogens with zero attached hydrogens (tertiary/aromatic N) is 1. The third-order valence-electron chi connectivity index (χ3n) is 3.73. The molecule has 2 aromatic carbocycles. The lowest BCUT2D eigenvalue weighted by atomic mass is 10.1. The van der Waals surface area contributed by atoms with Crippen molar-refractivity contribution in [1.29, 1.82) is 0 Å². The number of hydrogen-bond acceptors (Lipinski definition) is 5. The van der Waals surface area contributed by atoms with E-state index in [0.29, 0.717) is 10.6 Å². The molecule has 1 heterocycles. The molecule has 28 heavy (non-hydrogen) atoms. The minimum absolute atomic E-state index is 0.0119. The molecule has 6 nitrogen and oxygen atoms in total. The van der Waals surface area contributed by atoms with E-state index in [1.165, 1.54) is 6.92 Å². The van der Waals surface area contributed by atoms with E-state index in [-0.39, 0.29) is 22.7 Å². The van der Waals surface area contributed by atoms with Crippen molar-refractivity contribution in [2.45, 2.75) is 6.92 Å². The molecule has 0 fully saturated rings. The van der Waals surface area contributed by atoms with Crippen LogP contribution in [0.1, 0.15) is 16.1 Å². The van der Waals surface area contributed by atoms with Crippen molar-refractivity contribution >= 4 is 29.2 Å². The molecule has 0 radical (unpaired) electrons. The number of anilines is 1. The minimum Gasteiger partial charge on any atom is -0.452 e. The second kappa shape index (κ2) is 8.18. The van der Waals surface area contributed by atoms with Crippen molar-refractivity contribution in [1.82, 2.24) is 5.16 Å². The summed E-state index contributed by atoms with van der Waals surface area (Å²) in [5.74, 6) is -3.08. The van der Waals surface area contributed by atoms with Crippen LogP contribution in [0.5, 0.6) is 0 Å². The van der Waals surface area contributed by atoms with Gasteiger partial charge in [0.25, 0.3) is 5.91 Å². The van der Waals surface area contributed by atoms with E-state index in [2.05, 4.69) is 10.5 Å². The van der Waals surface area contributed by atoms with Crippen molar-refractivity contribution in [3.63, 3.8) is 0 Å². The number of esters is 1. The Balaban J connectivity index is 1.72. The van der Waals surface area contributed by atoms with Crippen LogP contribution in [0.3, 0.4) is 0 Å². The molecular formula is C19H13ClF2N2O4. The lowest BCUT2D eigenvalue weighted by Crippen LogP contribution is -2.22. The number of aryl methyl sites for hydroxylation is 1. The van der Waals surface area contributed by atoms with Gasteiger partial charge in [0, 0.05) is 11.6 Å². The maximum absolute atomic E-state index is 13.6. The number of aromatic nitrogens is 1. The number of ether oxygens (including phenoxy) is 1. The number of halogens is 3. The van der Waals surface area contributed by atoms with Gasteiger partial charge in [-0.15, -0.1) is 0 Å². The van der Waals surface area contributed by atoms with Gasteiger partial charge in [0.2, 0.25) is 0 Å². The molecule has 0 atom stereocenters. The van der Waals surface area contributed by atoms with E-state index >= 15 is 0 Å². The number of amides is 1. The van der Waals surface area contributed by atoms with E-state index in [0.717, 1.165) is 18.2 Å². The summed E-state index contributed by atoms with van der Waals surface area (Å²) in [7, 11) is 0. The predicted octanol–water partition coefficient (Wildman–Crippen LogP) is 4.38. The molecule has 0 saturated heterocycles. The Morgan fingerprint density at radius 3 is 2.71 bits per heavy atom. The maximum Gasteiger partial charge on any atom is 0.344 e. The average Bonchev–Trinajstić information content (AvgIpc) is 3.04. The van der Waals surface area contributed by atoms with E-state index in [9.17, 15) is 18.4 Å². The molecule has 3 rings (SSSR count). The lowest BCUT2D eigenvalue weighted by molar-refractivity contribution is -0.119. The Bertz CT molecular complexity index is 1050. The lowest BCUT2D eigenvalue weighted by Gasteiger charge is -2.08. The third kappa shape index (κ3) is 4.17. The molecule has 1 aromatic heterocycles. The van der Waals surface area contributed by atoms with Gasteiger partial charge in [-0.1, -0.05) is 35.0 Å². The quantitative estimate of drug-likeness (QED) is 0.636. The van der Waals surface area contributed by atoms with Crippen LogP contribution in [0.2, 0.25) is 5.02 Å². The first-order valence-corrected chi connectivity index (χ1v) is 8.38. The number of hydrogen-bond donors (Lipinski definition) is 1. The van der Waals surface area contributed by atoms with Gasteiger partial charge in [0.15, 0.2) is 6.61 Å². The van der Waals surface area contributed by atoms with Crippen LogP contribution in [0, 0.1) is 18.6 Å². The number of rotatable bonds is 5. The second-order valence-electron chi connectivity index (χ2n) is 5.69. The van der Waals surface area contributed by atoms with Gasteiger partial charge in [-0.05, 0) is 25.1 Å². The van der Waals surface area contributed by atoms with Gasteiger partial charge in [-0.25, -0.2) is 13.6 Å². The molecule has 0 spiro atoms. The van der Waals surface area contributed by atoms with Crippen molar-refractivity contribution in [3.05, 3.63) is 70.4 Å². The first kappa shape index (κ1) is 19.5. The van der Waals surface area contributed by atoms with Gasteiger partial charge in [0.05, 0.1) is 10.7 Å². The molecule has 1 amide bonds. The number of carbonyl (C=O) groups excluding carboxylic acids is 2. The monoisotopic (exact) mass is 406 g/mol. The highest BCUT2D eigenvalue weighted by molar-refractivity contribution is 6.33. The van der Waals surface area contributed by atoms with E-state index in [1.807, 2.05) is 0 Å². The van der Waals surface area contributed by atoms with Gasteiger partial charge >= 0.3 is 5.97 Å². The molecule has 1 N–H and O–H groups in total. The predicted molar refractivity (Wildman–Crippen MR) is 97.0 cm³/mol. The Morgan fingerprint density at radius 1 is 1.21 bits per heavy atom. The summed E-state index contributed by atoms with van der Waals surface area (Å²) in [6.07, 6.45) is 0. The van der Waals surface area contributed by atoms with Crippen LogP contribution in [0.4, 0.5) is 14.5 Å². The molecule has 0 bridgehead atoms. The van der Waals surface area contributed by atoms with Gasteiger partial charge in [-0.3, -0.25) is 4.79 Å². The van der Waals surface area contributed by atoms with Crippen LogP contribution < -0.4 is 5.32 Å². The average molecular weight is 407 g/mol. The summed E-state index contributed by atoms with van der Waals surface area (Å²) in [5.41, 5.74) is 0.278. The Labute approximate surface area is 163 Å². The van der Waals surface area contributed by atoms with Crippen LogP contribution in [0.15, 0.2) is 47.0 Å². The molecule has 0 aliphatic carbocycles. The molecule has 0 saturated carbocycles. The van der Waals surface area contributed by atoms with Crippen LogP contribution in [-0.2, 0) is 9.53 Å². The first-order chi connectivity index (χ1) is 13.4. The molecular weight excluding hydrogens is 394 g/mol. The zero-order valence-corrected chi connectivity index (χ0v) is 15.2. The molecule has 9 heteroatoms. The largest absolute Gasteiger partial charge is 0.452 e. The smallest absolute Gasteiger partial charge is 0.344 e. The topological polar surface area (TPSA) is 81.4 Å². The summed E-state index contributed by atoms with van der Waals surface area (Å²) in [6, 6.07) is 9.29. The van der Waals surface area contributed by atoms with Crippen LogP contribution in [-0.4, -0.2) is 23.6 Å². The zero-order chi connectivity index (χ0) is 20.3. The van der Waals surface area contributed by atoms with Crippen molar-refractivity contribution in [2.24, 2.45) is 0 Å². The standard InChI is InChI=1S/C19H13ClF2N2O4/c1-10-17(18(24-28-10)12-4-2-3-5-13(12)20)19(26)27-9-16(25)23-15-8-11(21)6-7-14(15)22/h2-8H,9H2,1H3,(H,23,25). The highest BCUT2D eigenvalue weighted by atomic mass is 35.5. The Kier molecular flexibility index (Phi) is 5.70. The van der Waals surface area contributed by atoms with E-state index in [4.69, 9.17) is 20.9 Å².